The van der Waals surface area contributed by atoms with E-state index in [-0.39, 0.29) is 54.1 Å². The molecule has 5 atom stereocenters. The van der Waals surface area contributed by atoms with Gasteiger partial charge < -0.3 is 19.2 Å². The average molecular weight is 598 g/mol. The molecule has 0 bridgehead atoms. The molecule has 1 saturated heterocycles. The number of thiazole rings is 1. The van der Waals surface area contributed by atoms with Gasteiger partial charge in [-0.3, -0.25) is 9.69 Å². The number of rotatable bonds is 10. The number of halogens is 1. The number of alkyl halides is 1. The Labute approximate surface area is 236 Å². The summed E-state index contributed by atoms with van der Waals surface area (Å²) in [6.45, 7) is 14.1. The fourth-order valence-corrected chi connectivity index (χ4v) is 8.98. The summed E-state index contributed by atoms with van der Waals surface area (Å²) < 4.78 is 12.0. The number of aliphatic carboxylic acids is 1. The van der Waals surface area contributed by atoms with Crippen molar-refractivity contribution in [2.45, 2.75) is 56.0 Å². The molecule has 0 aromatic carbocycles. The molecule has 206 valence electrons. The van der Waals surface area contributed by atoms with Crippen molar-refractivity contribution in [3.05, 3.63) is 40.4 Å². The third-order valence-corrected chi connectivity index (χ3v) is 10.4. The largest absolute Gasteiger partial charge is 0.477 e. The monoisotopic (exact) mass is 597 g/mol. The van der Waals surface area contributed by atoms with Crippen LogP contribution in [-0.4, -0.2) is 83.4 Å². The summed E-state index contributed by atoms with van der Waals surface area (Å²) in [5.74, 6) is -1.71. The van der Waals surface area contributed by atoms with Gasteiger partial charge in [-0.25, -0.2) is 14.6 Å². The van der Waals surface area contributed by atoms with Crippen LogP contribution in [-0.2, 0) is 18.8 Å². The molecule has 1 aromatic rings. The van der Waals surface area contributed by atoms with E-state index in [9.17, 15) is 19.5 Å². The van der Waals surface area contributed by atoms with E-state index in [1.807, 2.05) is 25.3 Å². The van der Waals surface area contributed by atoms with Gasteiger partial charge in [0.1, 0.15) is 12.3 Å². The molecule has 1 N–H and O–H groups in total. The molecule has 3 aliphatic rings. The van der Waals surface area contributed by atoms with Crippen LogP contribution < -0.4 is 0 Å². The van der Waals surface area contributed by atoms with E-state index in [0.29, 0.717) is 21.5 Å². The van der Waals surface area contributed by atoms with E-state index in [2.05, 4.69) is 26.2 Å². The molecule has 1 fully saturated rings. The Morgan fingerprint density at radius 3 is 2.74 bits per heavy atom. The van der Waals surface area contributed by atoms with Crippen LogP contribution in [0.3, 0.4) is 0 Å². The molecule has 0 spiro atoms. The number of ether oxygens (including phenoxy) is 1. The fourth-order valence-electron chi connectivity index (χ4n) is 5.29. The van der Waals surface area contributed by atoms with Gasteiger partial charge in [-0.2, -0.15) is 0 Å². The van der Waals surface area contributed by atoms with E-state index in [4.69, 9.17) is 25.7 Å². The van der Waals surface area contributed by atoms with Crippen molar-refractivity contribution in [1.29, 1.82) is 0 Å². The first-order chi connectivity index (χ1) is 17.9. The number of hydrogen-bond donors (Lipinski definition) is 1. The number of nitrogens with zero attached hydrogens (tertiary/aromatic N) is 3. The van der Waals surface area contributed by atoms with Crippen LogP contribution >= 0.6 is 34.7 Å². The predicted molar refractivity (Wildman–Crippen MR) is 151 cm³/mol. The molecule has 38 heavy (non-hydrogen) atoms. The lowest BCUT2D eigenvalue weighted by Crippen LogP contribution is -2.64. The lowest BCUT2D eigenvalue weighted by atomic mass is 9.79. The van der Waals surface area contributed by atoms with Gasteiger partial charge in [0.2, 0.25) is 5.91 Å². The first-order valence-electron chi connectivity index (χ1n) is 12.3. The molecule has 0 saturated carbocycles. The highest BCUT2D eigenvalue weighted by molar-refractivity contribution is 8.04. The highest BCUT2D eigenvalue weighted by atomic mass is 35.5. The van der Waals surface area contributed by atoms with E-state index in [0.717, 1.165) is 5.57 Å². The van der Waals surface area contributed by atoms with Crippen LogP contribution in [0.2, 0.25) is 19.6 Å². The Bertz CT molecular complexity index is 1210. The summed E-state index contributed by atoms with van der Waals surface area (Å²) in [5.41, 5.74) is 1.53. The number of β-lactam (4-membered cyclic amide) rings is 1. The van der Waals surface area contributed by atoms with Gasteiger partial charge >= 0.3 is 12.1 Å². The van der Waals surface area contributed by atoms with Crippen LogP contribution in [0.4, 0.5) is 4.79 Å². The highest BCUT2D eigenvalue weighted by Gasteiger charge is 2.60. The Hall–Kier alpha value is -2.12. The molecule has 4 heterocycles. The Kier molecular flexibility index (Phi) is 8.48. The third-order valence-electron chi connectivity index (χ3n) is 6.76. The SMILES string of the molecule is C=CCOC(=O)N1CC=C(c2csc(SC3=C(C(=O)O)N4C(=O)[C@H]([C@@H](C)O[Si](C)(C)C)[C@H]4[C@H]3C)n2)[C@H]1CCl. The second kappa shape index (κ2) is 11.2. The van der Waals surface area contributed by atoms with E-state index < -0.39 is 20.4 Å². The minimum Gasteiger partial charge on any atom is -0.477 e. The van der Waals surface area contributed by atoms with E-state index in [1.54, 1.807) is 4.90 Å². The van der Waals surface area contributed by atoms with Gasteiger partial charge in [0.15, 0.2) is 12.7 Å². The number of carboxylic acid groups (broad SMARTS) is 1. The highest BCUT2D eigenvalue weighted by Crippen LogP contribution is 2.53. The van der Waals surface area contributed by atoms with E-state index >= 15 is 0 Å². The zero-order valence-electron chi connectivity index (χ0n) is 22.0. The molecule has 9 nitrogen and oxygen atoms in total. The lowest BCUT2D eigenvalue weighted by Gasteiger charge is -2.48. The second-order valence-corrected chi connectivity index (χ2v) is 17.3. The maximum Gasteiger partial charge on any atom is 0.410 e. The van der Waals surface area contributed by atoms with Gasteiger partial charge in [-0.05, 0) is 26.6 Å². The molecule has 4 rings (SSSR count). The van der Waals surface area contributed by atoms with Gasteiger partial charge in [0, 0.05) is 34.2 Å². The molecular formula is C25H32ClN3O6S2Si. The van der Waals surface area contributed by atoms with Crippen LogP contribution in [0.15, 0.2) is 39.1 Å². The van der Waals surface area contributed by atoms with Crippen molar-refractivity contribution >= 4 is 66.6 Å². The van der Waals surface area contributed by atoms with Crippen molar-refractivity contribution < 1.29 is 28.7 Å². The van der Waals surface area contributed by atoms with Crippen molar-refractivity contribution in [2.24, 2.45) is 11.8 Å². The van der Waals surface area contributed by atoms with Crippen LogP contribution in [0, 0.1) is 11.8 Å². The first kappa shape index (κ1) is 28.9. The zero-order chi connectivity index (χ0) is 27.9. The van der Waals surface area contributed by atoms with Crippen molar-refractivity contribution in [1.82, 2.24) is 14.8 Å². The summed E-state index contributed by atoms with van der Waals surface area (Å²) in [5, 5.41) is 11.9. The third kappa shape index (κ3) is 5.33. The smallest absolute Gasteiger partial charge is 0.410 e. The summed E-state index contributed by atoms with van der Waals surface area (Å²) in [6.07, 6.45) is 2.65. The normalized spacial score (nSPS) is 25.7. The molecule has 13 heteroatoms. The Balaban J connectivity index is 1.53. The number of hydrogen-bond acceptors (Lipinski definition) is 8. The van der Waals surface area contributed by atoms with Gasteiger partial charge in [0.05, 0.1) is 29.8 Å². The van der Waals surface area contributed by atoms with Crippen LogP contribution in [0.5, 0.6) is 0 Å². The Morgan fingerprint density at radius 1 is 1.42 bits per heavy atom. The molecule has 2 amide bonds. The summed E-state index contributed by atoms with van der Waals surface area (Å²) in [6, 6.07) is -0.642. The van der Waals surface area contributed by atoms with Gasteiger partial charge in [-0.15, -0.1) is 22.9 Å². The number of carbonyl (C=O) groups excluding carboxylic acids is 2. The number of carboxylic acids is 1. The van der Waals surface area contributed by atoms with E-state index in [1.165, 1.54) is 34.1 Å². The molecule has 0 radical (unpaired) electrons. The maximum atomic E-state index is 13.1. The fraction of sp³-hybridized carbons (Fsp3) is 0.520. The number of carbonyl (C=O) groups is 3. The topological polar surface area (TPSA) is 109 Å². The average Bonchev–Trinajstić information content (AvgIpc) is 3.52. The molecule has 0 unspecified atom stereocenters. The Morgan fingerprint density at radius 2 is 2.13 bits per heavy atom. The molecule has 3 aliphatic heterocycles. The minimum atomic E-state index is -1.88. The zero-order valence-corrected chi connectivity index (χ0v) is 25.4. The lowest BCUT2D eigenvalue weighted by molar-refractivity contribution is -0.162. The van der Waals surface area contributed by atoms with Gasteiger partial charge in [-0.1, -0.05) is 37.4 Å². The number of fused-ring (bicyclic) bond motifs is 1. The number of amides is 2. The first-order valence-corrected chi connectivity index (χ1v) is 18.0. The summed E-state index contributed by atoms with van der Waals surface area (Å²) in [4.78, 5) is 46.1. The minimum absolute atomic E-state index is 0.0283. The number of thioether (sulfide) groups is 1. The quantitative estimate of drug-likeness (QED) is 0.176. The van der Waals surface area contributed by atoms with Crippen molar-refractivity contribution in [3.8, 4) is 0 Å². The molecule has 0 aliphatic carbocycles. The summed E-state index contributed by atoms with van der Waals surface area (Å²) in [7, 11) is -1.88. The van der Waals surface area contributed by atoms with Gasteiger partial charge in [0.25, 0.3) is 0 Å². The second-order valence-electron chi connectivity index (χ2n) is 10.4. The van der Waals surface area contributed by atoms with Crippen molar-refractivity contribution in [2.75, 3.05) is 19.0 Å². The summed E-state index contributed by atoms with van der Waals surface area (Å²) >= 11 is 8.88. The molecular weight excluding hydrogens is 566 g/mol. The predicted octanol–water partition coefficient (Wildman–Crippen LogP) is 4.88. The molecule has 1 aromatic heterocycles. The van der Waals surface area contributed by atoms with Crippen LogP contribution in [0.25, 0.3) is 5.57 Å². The number of aromatic nitrogens is 1. The van der Waals surface area contributed by atoms with Crippen molar-refractivity contribution in [3.63, 3.8) is 0 Å². The standard InChI is InChI=1S/C25H32ClN3O6S2Si/c1-7-10-34-25(33)28-9-8-15(17(28)11-26)16-12-36-24(27-16)37-21-13(2)19-18(14(3)35-38(4,5)6)22(30)29(19)20(21)23(31)32/h7-8,12-14,17-19H,1,9-11H2,2-6H3,(H,31,32)/t13-,14-,17-,18-,19-/m1/s1. The van der Waals surface area contributed by atoms with Crippen LogP contribution in [0.1, 0.15) is 19.5 Å². The maximum absolute atomic E-state index is 13.1.